The average Bonchev–Trinajstić information content (AvgIpc) is 2.76. The minimum atomic E-state index is 0.240. The van der Waals surface area contributed by atoms with Gasteiger partial charge in [0.05, 0.1) is 10.8 Å². The molecule has 0 saturated carbocycles. The summed E-state index contributed by atoms with van der Waals surface area (Å²) >= 11 is 13.0. The molecule has 2 aliphatic rings. The van der Waals surface area contributed by atoms with Crippen molar-refractivity contribution in [1.29, 1.82) is 0 Å². The fourth-order valence-corrected chi connectivity index (χ4v) is 4.01. The minimum absolute atomic E-state index is 0.240. The summed E-state index contributed by atoms with van der Waals surface area (Å²) < 4.78 is 0. The summed E-state index contributed by atoms with van der Waals surface area (Å²) in [6.45, 7) is 0. The molecule has 2 saturated heterocycles. The fourth-order valence-electron chi connectivity index (χ4n) is 3.26. The van der Waals surface area contributed by atoms with Gasteiger partial charge in [-0.1, -0.05) is 18.2 Å². The Morgan fingerprint density at radius 3 is 1.88 bits per heavy atom. The zero-order valence-corrected chi connectivity index (χ0v) is 11.2. The van der Waals surface area contributed by atoms with Crippen molar-refractivity contribution in [2.24, 2.45) is 0 Å². The molecule has 0 aromatic heterocycles. The third-order valence-electron chi connectivity index (χ3n) is 4.08. The lowest BCUT2D eigenvalue weighted by Gasteiger charge is -2.33. The number of halogens is 2. The van der Waals surface area contributed by atoms with Gasteiger partial charge in [0.2, 0.25) is 0 Å². The van der Waals surface area contributed by atoms with Crippen molar-refractivity contribution in [1.82, 2.24) is 0 Å². The molecule has 0 aliphatic carbocycles. The smallest absolute Gasteiger partial charge is 0.0540 e. The van der Waals surface area contributed by atoms with Crippen LogP contribution in [0.25, 0.3) is 0 Å². The van der Waals surface area contributed by atoms with E-state index >= 15 is 0 Å². The Labute approximate surface area is 113 Å². The van der Waals surface area contributed by atoms with Gasteiger partial charge >= 0.3 is 0 Å². The first kappa shape index (κ1) is 11.7. The number of hydrogen-bond donors (Lipinski definition) is 0. The van der Waals surface area contributed by atoms with E-state index in [1.807, 2.05) is 0 Å². The van der Waals surface area contributed by atoms with E-state index < -0.39 is 0 Å². The van der Waals surface area contributed by atoms with Crippen LogP contribution < -0.4 is 4.90 Å². The number of nitrogens with zero attached hydrogens (tertiary/aromatic N) is 1. The Bertz CT molecular complexity index is 363. The van der Waals surface area contributed by atoms with Gasteiger partial charge in [-0.3, -0.25) is 0 Å². The maximum atomic E-state index is 6.52. The van der Waals surface area contributed by atoms with Gasteiger partial charge in [0.25, 0.3) is 0 Å². The van der Waals surface area contributed by atoms with Crippen molar-refractivity contribution in [3.05, 3.63) is 30.3 Å². The first-order valence-electron chi connectivity index (χ1n) is 6.39. The SMILES string of the molecule is Cl[C@H]1CC[C@H](Cl)[C@@H]2CC[C@H]1N2c1ccccc1. The normalized spacial score (nSPS) is 36.9. The predicted molar refractivity (Wildman–Crippen MR) is 74.2 cm³/mol. The van der Waals surface area contributed by atoms with Gasteiger partial charge in [0.15, 0.2) is 0 Å². The fraction of sp³-hybridized carbons (Fsp3) is 0.571. The Morgan fingerprint density at radius 2 is 1.35 bits per heavy atom. The van der Waals surface area contributed by atoms with Crippen LogP contribution in [0.3, 0.4) is 0 Å². The zero-order chi connectivity index (χ0) is 11.8. The molecule has 92 valence electrons. The lowest BCUT2D eigenvalue weighted by molar-refractivity contribution is 0.566. The Hall–Kier alpha value is -0.400. The van der Waals surface area contributed by atoms with Gasteiger partial charge in [-0.25, -0.2) is 0 Å². The third kappa shape index (κ3) is 2.04. The first-order chi connectivity index (χ1) is 8.27. The van der Waals surface area contributed by atoms with E-state index in [0.29, 0.717) is 12.1 Å². The van der Waals surface area contributed by atoms with Gasteiger partial charge in [0.1, 0.15) is 0 Å². The summed E-state index contributed by atoms with van der Waals surface area (Å²) in [5, 5.41) is 0.480. The van der Waals surface area contributed by atoms with Gasteiger partial charge < -0.3 is 4.90 Å². The zero-order valence-electron chi connectivity index (χ0n) is 9.73. The van der Waals surface area contributed by atoms with Crippen LogP contribution in [0.15, 0.2) is 30.3 Å². The van der Waals surface area contributed by atoms with E-state index in [1.54, 1.807) is 0 Å². The summed E-state index contributed by atoms with van der Waals surface area (Å²) in [6, 6.07) is 11.5. The maximum Gasteiger partial charge on any atom is 0.0540 e. The molecule has 3 rings (SSSR count). The Balaban J connectivity index is 1.97. The van der Waals surface area contributed by atoms with E-state index in [1.165, 1.54) is 18.5 Å². The number of fused-ring (bicyclic) bond motifs is 2. The van der Waals surface area contributed by atoms with Crippen LogP contribution in [0.5, 0.6) is 0 Å². The van der Waals surface area contributed by atoms with Gasteiger partial charge in [-0.05, 0) is 37.8 Å². The van der Waals surface area contributed by atoms with Crippen LogP contribution in [-0.2, 0) is 0 Å². The van der Waals surface area contributed by atoms with Crippen LogP contribution in [0, 0.1) is 0 Å². The molecule has 0 unspecified atom stereocenters. The topological polar surface area (TPSA) is 3.24 Å². The number of benzene rings is 1. The molecule has 17 heavy (non-hydrogen) atoms. The number of para-hydroxylation sites is 1. The summed E-state index contributed by atoms with van der Waals surface area (Å²) in [5.74, 6) is 0. The van der Waals surface area contributed by atoms with E-state index in [0.717, 1.165) is 12.8 Å². The molecule has 1 aromatic rings. The predicted octanol–water partition coefficient (Wildman–Crippen LogP) is 4.03. The average molecular weight is 270 g/mol. The number of anilines is 1. The van der Waals surface area contributed by atoms with Crippen LogP contribution >= 0.6 is 23.2 Å². The summed E-state index contributed by atoms with van der Waals surface area (Å²) in [6.07, 6.45) is 4.44. The second-order valence-corrected chi connectivity index (χ2v) is 6.19. The van der Waals surface area contributed by atoms with Crippen molar-refractivity contribution >= 4 is 28.9 Å². The molecule has 4 atom stereocenters. The summed E-state index contributed by atoms with van der Waals surface area (Å²) in [5.41, 5.74) is 1.28. The molecule has 0 radical (unpaired) electrons. The standard InChI is InChI=1S/C14H17Cl2N/c15-11-6-7-12(16)14-9-8-13(11)17(14)10-4-2-1-3-5-10/h1-5,11-14H,6-9H2/t11-,12-,13-,14+/m0/s1. The van der Waals surface area contributed by atoms with E-state index in [4.69, 9.17) is 23.2 Å². The van der Waals surface area contributed by atoms with Crippen molar-refractivity contribution in [3.63, 3.8) is 0 Å². The van der Waals surface area contributed by atoms with Crippen molar-refractivity contribution in [3.8, 4) is 0 Å². The van der Waals surface area contributed by atoms with E-state index in [-0.39, 0.29) is 10.8 Å². The lowest BCUT2D eigenvalue weighted by Crippen LogP contribution is -2.41. The molecule has 2 heterocycles. The van der Waals surface area contributed by atoms with Gasteiger partial charge in [-0.15, -0.1) is 23.2 Å². The third-order valence-corrected chi connectivity index (χ3v) is 5.10. The number of hydrogen-bond acceptors (Lipinski definition) is 1. The molecule has 2 bridgehead atoms. The second kappa shape index (κ2) is 4.70. The van der Waals surface area contributed by atoms with Crippen LogP contribution in [0.2, 0.25) is 0 Å². The molecule has 1 nitrogen and oxygen atoms in total. The summed E-state index contributed by atoms with van der Waals surface area (Å²) in [7, 11) is 0. The molecular formula is C14H17Cl2N. The highest BCUT2D eigenvalue weighted by Gasteiger charge is 2.43. The molecule has 2 fully saturated rings. The molecule has 0 amide bonds. The molecule has 2 aliphatic heterocycles. The highest BCUT2D eigenvalue weighted by Crippen LogP contribution is 2.41. The van der Waals surface area contributed by atoms with Crippen molar-refractivity contribution < 1.29 is 0 Å². The van der Waals surface area contributed by atoms with E-state index in [2.05, 4.69) is 35.2 Å². The van der Waals surface area contributed by atoms with Gasteiger partial charge in [-0.2, -0.15) is 0 Å². The quantitative estimate of drug-likeness (QED) is 0.696. The second-order valence-electron chi connectivity index (χ2n) is 5.06. The Morgan fingerprint density at radius 1 is 0.824 bits per heavy atom. The van der Waals surface area contributed by atoms with Crippen molar-refractivity contribution in [2.75, 3.05) is 4.90 Å². The molecule has 0 N–H and O–H groups in total. The highest BCUT2D eigenvalue weighted by atomic mass is 35.5. The Kier molecular flexibility index (Phi) is 3.23. The van der Waals surface area contributed by atoms with Crippen molar-refractivity contribution in [2.45, 2.75) is 48.5 Å². The lowest BCUT2D eigenvalue weighted by atomic mass is 10.0. The monoisotopic (exact) mass is 269 g/mol. The molecule has 0 spiro atoms. The van der Waals surface area contributed by atoms with Gasteiger partial charge in [0, 0.05) is 17.8 Å². The number of alkyl halides is 2. The largest absolute Gasteiger partial charge is 0.363 e. The van der Waals surface area contributed by atoms with Crippen LogP contribution in [0.4, 0.5) is 5.69 Å². The summed E-state index contributed by atoms with van der Waals surface area (Å²) in [4.78, 5) is 2.47. The maximum absolute atomic E-state index is 6.52. The molecule has 1 aromatic carbocycles. The molecular weight excluding hydrogens is 253 g/mol. The van der Waals surface area contributed by atoms with Crippen LogP contribution in [0.1, 0.15) is 25.7 Å². The first-order valence-corrected chi connectivity index (χ1v) is 7.26. The number of rotatable bonds is 1. The molecule has 3 heteroatoms. The highest BCUT2D eigenvalue weighted by molar-refractivity contribution is 6.23. The van der Waals surface area contributed by atoms with E-state index in [9.17, 15) is 0 Å². The van der Waals surface area contributed by atoms with Crippen LogP contribution in [-0.4, -0.2) is 22.8 Å². The minimum Gasteiger partial charge on any atom is -0.363 e.